The van der Waals surface area contributed by atoms with Crippen molar-refractivity contribution in [3.63, 3.8) is 0 Å². The minimum Gasteiger partial charge on any atom is -0.479 e. The minimum absolute atomic E-state index is 0.459. The molecule has 0 spiro atoms. The molecule has 0 unspecified atom stereocenters. The molecule has 1 amide bonds. The molecular weight excluding hydrogens is 314 g/mol. The van der Waals surface area contributed by atoms with E-state index in [1.165, 1.54) is 0 Å². The van der Waals surface area contributed by atoms with Crippen LogP contribution in [0, 0.1) is 0 Å². The van der Waals surface area contributed by atoms with Crippen LogP contribution in [0.25, 0.3) is 0 Å². The third-order valence-electron chi connectivity index (χ3n) is 2.12. The molecule has 0 aromatic heterocycles. The van der Waals surface area contributed by atoms with E-state index < -0.39 is 23.7 Å². The van der Waals surface area contributed by atoms with Crippen molar-refractivity contribution in [1.82, 2.24) is 5.32 Å². The predicted octanol–water partition coefficient (Wildman–Crippen LogP) is 3.10. The largest absolute Gasteiger partial charge is 0.479 e. The molecule has 19 heavy (non-hydrogen) atoms. The molecule has 0 bridgehead atoms. The number of carboxylic acids is 1. The second-order valence-electron chi connectivity index (χ2n) is 4.94. The van der Waals surface area contributed by atoms with Gasteiger partial charge in [-0.15, -0.1) is 0 Å². The van der Waals surface area contributed by atoms with Crippen LogP contribution in [-0.4, -0.2) is 22.8 Å². The number of aliphatic carboxylic acids is 1. The first kappa shape index (κ1) is 15.5. The van der Waals surface area contributed by atoms with Gasteiger partial charge in [-0.3, -0.25) is 0 Å². The van der Waals surface area contributed by atoms with Crippen molar-refractivity contribution in [3.05, 3.63) is 34.3 Å². The average molecular weight is 330 g/mol. The second-order valence-corrected chi connectivity index (χ2v) is 5.79. The lowest BCUT2D eigenvalue weighted by atomic mass is 10.1. The summed E-state index contributed by atoms with van der Waals surface area (Å²) in [5.74, 6) is -1.15. The number of hydrogen-bond acceptors (Lipinski definition) is 3. The summed E-state index contributed by atoms with van der Waals surface area (Å²) >= 11 is 3.26. The lowest BCUT2D eigenvalue weighted by molar-refractivity contribution is -0.139. The number of carboxylic acid groups (broad SMARTS) is 1. The number of alkyl carbamates (subject to hydrolysis) is 1. The van der Waals surface area contributed by atoms with Gasteiger partial charge in [0.05, 0.1) is 0 Å². The van der Waals surface area contributed by atoms with Gasteiger partial charge in [0.2, 0.25) is 0 Å². The second kappa shape index (κ2) is 6.06. The zero-order valence-electron chi connectivity index (χ0n) is 10.9. The highest BCUT2D eigenvalue weighted by molar-refractivity contribution is 9.10. The van der Waals surface area contributed by atoms with E-state index >= 15 is 0 Å². The molecule has 6 heteroatoms. The molecule has 5 nitrogen and oxygen atoms in total. The van der Waals surface area contributed by atoms with Crippen LogP contribution in [0.2, 0.25) is 0 Å². The van der Waals surface area contributed by atoms with Gasteiger partial charge < -0.3 is 15.2 Å². The molecule has 0 heterocycles. The van der Waals surface area contributed by atoms with E-state index in [-0.39, 0.29) is 0 Å². The van der Waals surface area contributed by atoms with Crippen molar-refractivity contribution in [2.75, 3.05) is 0 Å². The average Bonchev–Trinajstić information content (AvgIpc) is 2.24. The van der Waals surface area contributed by atoms with E-state index in [0.717, 1.165) is 0 Å². The van der Waals surface area contributed by atoms with Gasteiger partial charge in [0.25, 0.3) is 0 Å². The number of nitrogens with one attached hydrogen (secondary N) is 1. The topological polar surface area (TPSA) is 75.6 Å². The first-order valence-electron chi connectivity index (χ1n) is 5.67. The number of carbonyl (C=O) groups is 2. The van der Waals surface area contributed by atoms with Crippen LogP contribution in [0.3, 0.4) is 0 Å². The Morgan fingerprint density at radius 2 is 1.89 bits per heavy atom. The highest BCUT2D eigenvalue weighted by atomic mass is 79.9. The quantitative estimate of drug-likeness (QED) is 0.893. The molecule has 0 aliphatic rings. The molecule has 0 saturated carbocycles. The Hall–Kier alpha value is -1.56. The number of rotatable bonds is 3. The predicted molar refractivity (Wildman–Crippen MR) is 73.9 cm³/mol. The summed E-state index contributed by atoms with van der Waals surface area (Å²) in [6, 6.07) is 5.64. The normalized spacial score (nSPS) is 12.6. The number of benzene rings is 1. The monoisotopic (exact) mass is 329 g/mol. The molecule has 1 aromatic rings. The maximum absolute atomic E-state index is 11.6. The molecule has 0 saturated heterocycles. The van der Waals surface area contributed by atoms with Gasteiger partial charge in [0, 0.05) is 4.47 Å². The van der Waals surface area contributed by atoms with Gasteiger partial charge >= 0.3 is 12.1 Å². The fraction of sp³-hybridized carbons (Fsp3) is 0.385. The Labute approximate surface area is 120 Å². The van der Waals surface area contributed by atoms with E-state index in [2.05, 4.69) is 21.2 Å². The van der Waals surface area contributed by atoms with Crippen LogP contribution in [0.5, 0.6) is 0 Å². The lowest BCUT2D eigenvalue weighted by Gasteiger charge is -2.22. The van der Waals surface area contributed by atoms with E-state index in [1.807, 2.05) is 0 Å². The molecular formula is C13H16BrNO4. The van der Waals surface area contributed by atoms with Gasteiger partial charge in [-0.25, -0.2) is 9.59 Å². The van der Waals surface area contributed by atoms with Gasteiger partial charge in [0.1, 0.15) is 5.60 Å². The summed E-state index contributed by atoms with van der Waals surface area (Å²) in [6.45, 7) is 5.13. The number of hydrogen-bond donors (Lipinski definition) is 2. The summed E-state index contributed by atoms with van der Waals surface area (Å²) in [5.41, 5.74) is -0.220. The van der Waals surface area contributed by atoms with Crippen molar-refractivity contribution in [2.45, 2.75) is 32.4 Å². The van der Waals surface area contributed by atoms with Crippen LogP contribution in [0.1, 0.15) is 32.4 Å². The zero-order chi connectivity index (χ0) is 14.6. The van der Waals surface area contributed by atoms with Crippen LogP contribution in [0.4, 0.5) is 4.79 Å². The third-order valence-corrected chi connectivity index (χ3v) is 2.85. The first-order chi connectivity index (χ1) is 8.70. The molecule has 2 N–H and O–H groups in total. The summed E-state index contributed by atoms with van der Waals surface area (Å²) in [6.07, 6.45) is -0.768. The molecule has 0 radical (unpaired) electrons. The highest BCUT2D eigenvalue weighted by Crippen LogP contribution is 2.23. The van der Waals surface area contributed by atoms with E-state index in [1.54, 1.807) is 45.0 Å². The summed E-state index contributed by atoms with van der Waals surface area (Å²) in [5, 5.41) is 11.5. The Bertz CT molecular complexity index is 482. The van der Waals surface area contributed by atoms with Crippen molar-refractivity contribution >= 4 is 28.0 Å². The Morgan fingerprint density at radius 1 is 1.32 bits per heavy atom. The van der Waals surface area contributed by atoms with Gasteiger partial charge in [-0.05, 0) is 32.4 Å². The first-order valence-corrected chi connectivity index (χ1v) is 6.47. The van der Waals surface area contributed by atoms with E-state index in [0.29, 0.717) is 10.0 Å². The van der Waals surface area contributed by atoms with Crippen LogP contribution >= 0.6 is 15.9 Å². The van der Waals surface area contributed by atoms with E-state index in [9.17, 15) is 14.7 Å². The van der Waals surface area contributed by atoms with Gasteiger partial charge in [0.15, 0.2) is 6.04 Å². The Balaban J connectivity index is 2.89. The molecule has 0 fully saturated rings. The standard InChI is InChI=1S/C13H16BrNO4/c1-13(2,3)19-12(18)15-10(11(16)17)8-6-4-5-7-9(8)14/h4-7,10H,1-3H3,(H,15,18)(H,16,17)/t10-/m0/s1. The lowest BCUT2D eigenvalue weighted by Crippen LogP contribution is -2.38. The number of halogens is 1. The Morgan fingerprint density at radius 3 is 2.37 bits per heavy atom. The smallest absolute Gasteiger partial charge is 0.408 e. The number of ether oxygens (including phenoxy) is 1. The number of carbonyl (C=O) groups excluding carboxylic acids is 1. The molecule has 0 aliphatic heterocycles. The SMILES string of the molecule is CC(C)(C)OC(=O)N[C@H](C(=O)O)c1ccccc1Br. The summed E-state index contributed by atoms with van der Waals surface area (Å²) in [4.78, 5) is 22.9. The minimum atomic E-state index is -1.16. The summed E-state index contributed by atoms with van der Waals surface area (Å²) < 4.78 is 5.66. The van der Waals surface area contributed by atoms with Crippen LogP contribution in [-0.2, 0) is 9.53 Å². The van der Waals surface area contributed by atoms with Gasteiger partial charge in [-0.2, -0.15) is 0 Å². The fourth-order valence-corrected chi connectivity index (χ4v) is 1.92. The fourth-order valence-electron chi connectivity index (χ4n) is 1.41. The summed E-state index contributed by atoms with van der Waals surface area (Å²) in [7, 11) is 0. The van der Waals surface area contributed by atoms with Crippen molar-refractivity contribution in [3.8, 4) is 0 Å². The van der Waals surface area contributed by atoms with Gasteiger partial charge in [-0.1, -0.05) is 34.1 Å². The molecule has 1 atom stereocenters. The van der Waals surface area contributed by atoms with E-state index in [4.69, 9.17) is 4.74 Å². The maximum Gasteiger partial charge on any atom is 0.408 e. The highest BCUT2D eigenvalue weighted by Gasteiger charge is 2.26. The molecule has 104 valence electrons. The Kier molecular flexibility index (Phi) is 4.94. The third kappa shape index (κ3) is 4.90. The zero-order valence-corrected chi connectivity index (χ0v) is 12.5. The van der Waals surface area contributed by atoms with Crippen LogP contribution < -0.4 is 5.32 Å². The molecule has 1 aromatic carbocycles. The van der Waals surface area contributed by atoms with Crippen molar-refractivity contribution < 1.29 is 19.4 Å². The number of amides is 1. The molecule has 0 aliphatic carbocycles. The maximum atomic E-state index is 11.6. The van der Waals surface area contributed by atoms with Crippen LogP contribution in [0.15, 0.2) is 28.7 Å². The van der Waals surface area contributed by atoms with Crippen molar-refractivity contribution in [1.29, 1.82) is 0 Å². The molecule has 1 rings (SSSR count). The van der Waals surface area contributed by atoms with Crippen molar-refractivity contribution in [2.24, 2.45) is 0 Å².